The lowest BCUT2D eigenvalue weighted by molar-refractivity contribution is 0.484. The molecule has 66 valence electrons. The average Bonchev–Trinajstić information content (AvgIpc) is 2.06. The van der Waals surface area contributed by atoms with Gasteiger partial charge in [0.1, 0.15) is 5.69 Å². The van der Waals surface area contributed by atoms with Crippen LogP contribution in [0.2, 0.25) is 0 Å². The fourth-order valence-corrected chi connectivity index (χ4v) is 1.18. The third-order valence-electron chi connectivity index (χ3n) is 1.77. The number of hydrogen-bond donors (Lipinski definition) is 1. The quantitative estimate of drug-likeness (QED) is 0.560. The molecule has 1 rings (SSSR count). The van der Waals surface area contributed by atoms with Crippen molar-refractivity contribution < 1.29 is 8.76 Å². The Morgan fingerprint density at radius 3 is 2.17 bits per heavy atom. The molecule has 1 aromatic carbocycles. The molecule has 1 unspecified atom stereocenters. The minimum atomic E-state index is -1.89. The van der Waals surface area contributed by atoms with Gasteiger partial charge >= 0.3 is 11.3 Å². The third kappa shape index (κ3) is 1.72. The molecule has 4 heteroatoms. The molecule has 0 aromatic heterocycles. The van der Waals surface area contributed by atoms with E-state index in [1.165, 1.54) is 0 Å². The van der Waals surface area contributed by atoms with E-state index in [-0.39, 0.29) is 3.89 Å². The first kappa shape index (κ1) is 9.38. The Morgan fingerprint density at radius 1 is 1.25 bits per heavy atom. The number of hydrogen-bond acceptors (Lipinski definition) is 1. The van der Waals surface area contributed by atoms with Crippen LogP contribution in [0.4, 0.5) is 5.69 Å². The zero-order valence-corrected chi connectivity index (χ0v) is 7.91. The maximum atomic E-state index is 10.9. The van der Waals surface area contributed by atoms with Gasteiger partial charge in [0.15, 0.2) is 0 Å². The Hall–Kier alpha value is -0.710. The highest BCUT2D eigenvalue weighted by Crippen LogP contribution is 2.18. The largest absolute Gasteiger partial charge is 0.363 e. The van der Waals surface area contributed by atoms with Crippen molar-refractivity contribution in [3.8, 4) is 0 Å². The molecule has 0 amide bonds. The second-order valence-corrected chi connectivity index (χ2v) is 4.29. The van der Waals surface area contributed by atoms with Gasteiger partial charge in [0.25, 0.3) is 0 Å². The highest BCUT2D eigenvalue weighted by molar-refractivity contribution is 7.78. The lowest BCUT2D eigenvalue weighted by Crippen LogP contribution is -2.41. The van der Waals surface area contributed by atoms with Crippen molar-refractivity contribution in [1.29, 1.82) is 0 Å². The van der Waals surface area contributed by atoms with Crippen molar-refractivity contribution in [3.05, 3.63) is 30.3 Å². The van der Waals surface area contributed by atoms with Gasteiger partial charge in [-0.3, -0.25) is 4.55 Å². The van der Waals surface area contributed by atoms with E-state index in [1.54, 1.807) is 14.1 Å². The highest BCUT2D eigenvalue weighted by Gasteiger charge is 2.25. The average molecular weight is 186 g/mol. The monoisotopic (exact) mass is 186 g/mol. The lowest BCUT2D eigenvalue weighted by atomic mass is 10.3. The summed E-state index contributed by atoms with van der Waals surface area (Å²) in [5, 5.41) is 0. The third-order valence-corrected chi connectivity index (χ3v) is 2.76. The van der Waals surface area contributed by atoms with Crippen molar-refractivity contribution in [2.24, 2.45) is 0 Å². The zero-order valence-electron chi connectivity index (χ0n) is 7.10. The standard InChI is InChI=1S/C8H11NO2S/c1-9(2,12(10)11)8-6-4-3-5-7-8/h3-7H,1-2H3/p+1. The molecule has 3 nitrogen and oxygen atoms in total. The van der Waals surface area contributed by atoms with Crippen LogP contribution in [0, 0.1) is 0 Å². The lowest BCUT2D eigenvalue weighted by Gasteiger charge is -2.22. The number of benzene rings is 1. The summed E-state index contributed by atoms with van der Waals surface area (Å²) in [4.78, 5) is 0. The van der Waals surface area contributed by atoms with E-state index in [9.17, 15) is 4.21 Å². The van der Waals surface area contributed by atoms with E-state index in [0.717, 1.165) is 5.69 Å². The normalized spacial score (nSPS) is 14.2. The maximum Gasteiger partial charge on any atom is 0.363 e. The molecule has 0 aliphatic carbocycles. The molecule has 0 aliphatic rings. The van der Waals surface area contributed by atoms with Crippen LogP contribution in [0.5, 0.6) is 0 Å². The molecular formula is C8H12NO2S+. The SMILES string of the molecule is C[N+](C)(c1ccccc1)S(=O)O. The zero-order chi connectivity index (χ0) is 9.19. The van der Waals surface area contributed by atoms with Crippen molar-refractivity contribution >= 4 is 17.0 Å². The van der Waals surface area contributed by atoms with Crippen LogP contribution in [-0.2, 0) is 11.3 Å². The fourth-order valence-electron chi connectivity index (χ4n) is 0.877. The second kappa shape index (κ2) is 3.35. The Balaban J connectivity index is 3.06. The summed E-state index contributed by atoms with van der Waals surface area (Å²) < 4.78 is 19.9. The van der Waals surface area contributed by atoms with Crippen molar-refractivity contribution in [2.45, 2.75) is 0 Å². The van der Waals surface area contributed by atoms with Gasteiger partial charge in [-0.2, -0.15) is 8.10 Å². The van der Waals surface area contributed by atoms with E-state index in [1.807, 2.05) is 30.3 Å². The number of rotatable bonds is 2. The van der Waals surface area contributed by atoms with Gasteiger partial charge in [0.05, 0.1) is 14.1 Å². The highest BCUT2D eigenvalue weighted by atomic mass is 32.2. The first-order valence-electron chi connectivity index (χ1n) is 3.56. The number of nitrogens with zero attached hydrogens (tertiary/aromatic N) is 1. The molecule has 0 spiro atoms. The van der Waals surface area contributed by atoms with Crippen molar-refractivity contribution in [2.75, 3.05) is 14.1 Å². The molecule has 1 aromatic rings. The minimum Gasteiger partial charge on any atom is -0.260 e. The summed E-state index contributed by atoms with van der Waals surface area (Å²) in [7, 11) is 3.37. The van der Waals surface area contributed by atoms with Crippen LogP contribution in [0.3, 0.4) is 0 Å². The van der Waals surface area contributed by atoms with E-state index in [4.69, 9.17) is 4.55 Å². The van der Waals surface area contributed by atoms with Crippen LogP contribution in [-0.4, -0.2) is 22.9 Å². The van der Waals surface area contributed by atoms with Gasteiger partial charge in [-0.1, -0.05) is 18.2 Å². The van der Waals surface area contributed by atoms with Crippen LogP contribution < -0.4 is 3.89 Å². The summed E-state index contributed by atoms with van der Waals surface area (Å²) in [6.07, 6.45) is 0. The molecule has 1 atom stereocenters. The van der Waals surface area contributed by atoms with Gasteiger partial charge in [-0.25, -0.2) is 0 Å². The Labute approximate surface area is 74.6 Å². The maximum absolute atomic E-state index is 10.9. The summed E-state index contributed by atoms with van der Waals surface area (Å²) in [6.45, 7) is 0. The summed E-state index contributed by atoms with van der Waals surface area (Å²) >= 11 is -1.89. The molecule has 0 fully saturated rings. The van der Waals surface area contributed by atoms with Crippen molar-refractivity contribution in [3.63, 3.8) is 0 Å². The van der Waals surface area contributed by atoms with Crippen molar-refractivity contribution in [1.82, 2.24) is 3.89 Å². The van der Waals surface area contributed by atoms with Gasteiger partial charge < -0.3 is 0 Å². The second-order valence-electron chi connectivity index (χ2n) is 2.92. The molecule has 0 saturated carbocycles. The predicted octanol–water partition coefficient (Wildman–Crippen LogP) is 1.39. The van der Waals surface area contributed by atoms with Crippen LogP contribution in [0.1, 0.15) is 0 Å². The van der Waals surface area contributed by atoms with Gasteiger partial charge in [0.2, 0.25) is 0 Å². The summed E-state index contributed by atoms with van der Waals surface area (Å²) in [5.41, 5.74) is 0.818. The first-order chi connectivity index (χ1) is 5.55. The van der Waals surface area contributed by atoms with E-state index >= 15 is 0 Å². The fraction of sp³-hybridized carbons (Fsp3) is 0.250. The van der Waals surface area contributed by atoms with Gasteiger partial charge in [0, 0.05) is 12.1 Å². The van der Waals surface area contributed by atoms with Crippen LogP contribution >= 0.6 is 0 Å². The van der Waals surface area contributed by atoms with E-state index in [0.29, 0.717) is 0 Å². The molecule has 1 N–H and O–H groups in total. The van der Waals surface area contributed by atoms with Crippen LogP contribution in [0.15, 0.2) is 30.3 Å². The Kier molecular flexibility index (Phi) is 2.62. The molecule has 0 radical (unpaired) electrons. The molecular weight excluding hydrogens is 174 g/mol. The number of quaternary nitrogens is 1. The minimum absolute atomic E-state index is 0.0269. The Morgan fingerprint density at radius 2 is 1.75 bits per heavy atom. The van der Waals surface area contributed by atoms with Gasteiger partial charge in [-0.15, -0.1) is 0 Å². The Bertz CT molecular complexity index is 284. The topological polar surface area (TPSA) is 37.3 Å². The van der Waals surface area contributed by atoms with E-state index < -0.39 is 11.3 Å². The molecule has 0 saturated heterocycles. The predicted molar refractivity (Wildman–Crippen MR) is 50.9 cm³/mol. The summed E-state index contributed by atoms with van der Waals surface area (Å²) in [6, 6.07) is 9.23. The number of para-hydroxylation sites is 1. The molecule has 0 bridgehead atoms. The van der Waals surface area contributed by atoms with Gasteiger partial charge in [-0.05, 0) is 0 Å². The smallest absolute Gasteiger partial charge is 0.260 e. The van der Waals surface area contributed by atoms with E-state index in [2.05, 4.69) is 0 Å². The summed E-state index contributed by atoms with van der Waals surface area (Å²) in [5.74, 6) is 0. The first-order valence-corrected chi connectivity index (χ1v) is 4.62. The van der Waals surface area contributed by atoms with Crippen LogP contribution in [0.25, 0.3) is 0 Å². The molecule has 0 aliphatic heterocycles. The molecule has 12 heavy (non-hydrogen) atoms. The molecule has 0 heterocycles.